The second-order valence-corrected chi connectivity index (χ2v) is 5.30. The molecule has 0 bridgehead atoms. The van der Waals surface area contributed by atoms with Crippen molar-refractivity contribution >= 4 is 17.3 Å². The monoisotopic (exact) mass is 277 g/mol. The van der Waals surface area contributed by atoms with Gasteiger partial charge in [-0.3, -0.25) is 0 Å². The third-order valence-electron chi connectivity index (χ3n) is 3.07. The summed E-state index contributed by atoms with van der Waals surface area (Å²) in [5, 5.41) is 3.30. The van der Waals surface area contributed by atoms with Crippen LogP contribution >= 0.6 is 11.6 Å². The Morgan fingerprint density at radius 3 is 2.37 bits per heavy atom. The Labute approximate surface area is 118 Å². The van der Waals surface area contributed by atoms with Crippen LogP contribution in [0.15, 0.2) is 36.4 Å². The van der Waals surface area contributed by atoms with Crippen molar-refractivity contribution in [1.82, 2.24) is 0 Å². The lowest BCUT2D eigenvalue weighted by molar-refractivity contribution is 0.628. The quantitative estimate of drug-likeness (QED) is 0.806. The summed E-state index contributed by atoms with van der Waals surface area (Å²) in [5.74, 6) is -0.402. The van der Waals surface area contributed by atoms with E-state index in [1.165, 1.54) is 11.1 Å². The second kappa shape index (κ2) is 5.62. The van der Waals surface area contributed by atoms with E-state index in [1.807, 2.05) is 6.92 Å². The number of nitrogens with one attached hydrogen (secondary N) is 1. The van der Waals surface area contributed by atoms with Gasteiger partial charge in [0, 0.05) is 6.04 Å². The Morgan fingerprint density at radius 1 is 1.11 bits per heavy atom. The predicted molar refractivity (Wildman–Crippen MR) is 79.4 cm³/mol. The van der Waals surface area contributed by atoms with Gasteiger partial charge in [-0.1, -0.05) is 47.0 Å². The lowest BCUT2D eigenvalue weighted by atomic mass is 10.0. The Hall–Kier alpha value is -1.54. The third kappa shape index (κ3) is 3.27. The molecule has 0 heterocycles. The highest BCUT2D eigenvalue weighted by atomic mass is 35.5. The molecule has 3 heteroatoms. The molecule has 0 saturated carbocycles. The van der Waals surface area contributed by atoms with E-state index >= 15 is 0 Å². The van der Waals surface area contributed by atoms with Crippen LogP contribution in [-0.4, -0.2) is 0 Å². The number of halogens is 2. The number of rotatable bonds is 3. The first-order chi connectivity index (χ1) is 8.97. The Balaban J connectivity index is 2.25. The van der Waals surface area contributed by atoms with E-state index in [1.54, 1.807) is 18.2 Å². The molecule has 0 saturated heterocycles. The molecule has 19 heavy (non-hydrogen) atoms. The summed E-state index contributed by atoms with van der Waals surface area (Å²) in [7, 11) is 0. The molecule has 0 radical (unpaired) electrons. The van der Waals surface area contributed by atoms with E-state index < -0.39 is 5.82 Å². The van der Waals surface area contributed by atoms with Gasteiger partial charge in [0.1, 0.15) is 0 Å². The van der Waals surface area contributed by atoms with E-state index in [-0.39, 0.29) is 11.1 Å². The summed E-state index contributed by atoms with van der Waals surface area (Å²) in [4.78, 5) is 0. The molecule has 1 N–H and O–H groups in total. The summed E-state index contributed by atoms with van der Waals surface area (Å²) in [6, 6.07) is 11.3. The summed E-state index contributed by atoms with van der Waals surface area (Å²) >= 11 is 5.78. The van der Waals surface area contributed by atoms with Crippen molar-refractivity contribution in [1.29, 1.82) is 0 Å². The summed E-state index contributed by atoms with van der Waals surface area (Å²) in [6.45, 7) is 6.13. The van der Waals surface area contributed by atoms with Gasteiger partial charge in [-0.2, -0.15) is 0 Å². The largest absolute Gasteiger partial charge is 0.376 e. The van der Waals surface area contributed by atoms with Crippen molar-refractivity contribution in [2.45, 2.75) is 26.8 Å². The minimum Gasteiger partial charge on any atom is -0.376 e. The van der Waals surface area contributed by atoms with Crippen molar-refractivity contribution in [3.05, 3.63) is 63.9 Å². The maximum absolute atomic E-state index is 13.8. The average Bonchev–Trinajstić information content (AvgIpc) is 2.33. The molecule has 2 aromatic rings. The highest BCUT2D eigenvalue weighted by Crippen LogP contribution is 2.26. The summed E-state index contributed by atoms with van der Waals surface area (Å²) < 4.78 is 13.8. The van der Waals surface area contributed by atoms with E-state index in [2.05, 4.69) is 37.4 Å². The van der Waals surface area contributed by atoms with E-state index in [9.17, 15) is 4.39 Å². The second-order valence-electron chi connectivity index (χ2n) is 4.89. The highest BCUT2D eigenvalue weighted by Gasteiger charge is 2.11. The normalized spacial score (nSPS) is 12.3. The Bertz CT molecular complexity index is 575. The fourth-order valence-electron chi connectivity index (χ4n) is 2.19. The summed E-state index contributed by atoms with van der Waals surface area (Å²) in [5.41, 5.74) is 3.97. The first kappa shape index (κ1) is 13.9. The van der Waals surface area contributed by atoms with E-state index in [4.69, 9.17) is 11.6 Å². The van der Waals surface area contributed by atoms with Crippen LogP contribution in [-0.2, 0) is 0 Å². The van der Waals surface area contributed by atoms with Crippen LogP contribution in [0.4, 0.5) is 10.1 Å². The number of aryl methyl sites for hydroxylation is 2. The van der Waals surface area contributed by atoms with Crippen molar-refractivity contribution in [3.63, 3.8) is 0 Å². The minimum atomic E-state index is -0.402. The Kier molecular flexibility index (Phi) is 4.11. The lowest BCUT2D eigenvalue weighted by Gasteiger charge is -2.17. The van der Waals surface area contributed by atoms with Gasteiger partial charge in [0.25, 0.3) is 0 Å². The van der Waals surface area contributed by atoms with Crippen LogP contribution in [0.25, 0.3) is 0 Å². The maximum atomic E-state index is 13.8. The molecular formula is C16H17ClFN. The average molecular weight is 278 g/mol. The first-order valence-corrected chi connectivity index (χ1v) is 6.64. The zero-order valence-electron chi connectivity index (χ0n) is 11.3. The molecule has 1 unspecified atom stereocenters. The maximum Gasteiger partial charge on any atom is 0.164 e. The molecule has 1 nitrogen and oxygen atoms in total. The van der Waals surface area contributed by atoms with Crippen molar-refractivity contribution in [3.8, 4) is 0 Å². The molecule has 0 aliphatic carbocycles. The lowest BCUT2D eigenvalue weighted by Crippen LogP contribution is -2.08. The molecule has 0 aromatic heterocycles. The van der Waals surface area contributed by atoms with Gasteiger partial charge in [-0.05, 0) is 38.5 Å². The number of hydrogen-bond donors (Lipinski definition) is 1. The van der Waals surface area contributed by atoms with Gasteiger partial charge in [0.15, 0.2) is 5.82 Å². The molecule has 0 aliphatic heterocycles. The molecule has 0 fully saturated rings. The van der Waals surface area contributed by atoms with Gasteiger partial charge in [0.2, 0.25) is 0 Å². The number of benzene rings is 2. The minimum absolute atomic E-state index is 0.0200. The standard InChI is InChI=1S/C16H17ClFN/c1-10-7-11(2)9-13(8-10)12(3)19-15-6-4-5-14(17)16(15)18/h4-9,12,19H,1-3H3. The smallest absolute Gasteiger partial charge is 0.164 e. The van der Waals surface area contributed by atoms with Crippen LogP contribution in [0.5, 0.6) is 0 Å². The van der Waals surface area contributed by atoms with Gasteiger partial charge < -0.3 is 5.32 Å². The molecule has 1 atom stereocenters. The number of anilines is 1. The molecule has 2 aromatic carbocycles. The predicted octanol–water partition coefficient (Wildman–Crippen LogP) is 5.27. The first-order valence-electron chi connectivity index (χ1n) is 6.26. The van der Waals surface area contributed by atoms with Crippen molar-refractivity contribution in [2.24, 2.45) is 0 Å². The van der Waals surface area contributed by atoms with Crippen LogP contribution in [0.2, 0.25) is 5.02 Å². The van der Waals surface area contributed by atoms with Crippen LogP contribution < -0.4 is 5.32 Å². The highest BCUT2D eigenvalue weighted by molar-refractivity contribution is 6.31. The van der Waals surface area contributed by atoms with Crippen LogP contribution in [0, 0.1) is 19.7 Å². The molecule has 0 spiro atoms. The van der Waals surface area contributed by atoms with E-state index in [0.717, 1.165) is 5.56 Å². The van der Waals surface area contributed by atoms with Gasteiger partial charge >= 0.3 is 0 Å². The summed E-state index contributed by atoms with van der Waals surface area (Å²) in [6.07, 6.45) is 0. The zero-order valence-corrected chi connectivity index (χ0v) is 12.1. The fraction of sp³-hybridized carbons (Fsp3) is 0.250. The van der Waals surface area contributed by atoms with Crippen LogP contribution in [0.3, 0.4) is 0 Å². The van der Waals surface area contributed by atoms with Gasteiger partial charge in [0.05, 0.1) is 10.7 Å². The molecule has 0 amide bonds. The SMILES string of the molecule is Cc1cc(C)cc(C(C)Nc2cccc(Cl)c2F)c1. The molecule has 100 valence electrons. The van der Waals surface area contributed by atoms with E-state index in [0.29, 0.717) is 5.69 Å². The van der Waals surface area contributed by atoms with Gasteiger partial charge in [-0.25, -0.2) is 4.39 Å². The fourth-order valence-corrected chi connectivity index (χ4v) is 2.37. The van der Waals surface area contributed by atoms with Crippen molar-refractivity contribution in [2.75, 3.05) is 5.32 Å². The van der Waals surface area contributed by atoms with Gasteiger partial charge in [-0.15, -0.1) is 0 Å². The zero-order chi connectivity index (χ0) is 14.0. The van der Waals surface area contributed by atoms with Crippen molar-refractivity contribution < 1.29 is 4.39 Å². The van der Waals surface area contributed by atoms with Crippen LogP contribution in [0.1, 0.15) is 29.7 Å². The Morgan fingerprint density at radius 2 is 1.74 bits per heavy atom. The topological polar surface area (TPSA) is 12.0 Å². The molecule has 0 aliphatic rings. The molecule has 2 rings (SSSR count). The third-order valence-corrected chi connectivity index (χ3v) is 3.36. The number of hydrogen-bond acceptors (Lipinski definition) is 1. The molecular weight excluding hydrogens is 261 g/mol.